The summed E-state index contributed by atoms with van der Waals surface area (Å²) in [4.78, 5) is 0. The van der Waals surface area contributed by atoms with E-state index in [1.165, 1.54) is 12.8 Å². The molecule has 3 rings (SSSR count). The third-order valence-electron chi connectivity index (χ3n) is 3.92. The van der Waals surface area contributed by atoms with Gasteiger partial charge in [0.25, 0.3) is 0 Å². The Labute approximate surface area is 118 Å². The van der Waals surface area contributed by atoms with Crippen molar-refractivity contribution in [2.24, 2.45) is 0 Å². The minimum Gasteiger partial charge on any atom is -0.387 e. The number of fused-ring (bicyclic) bond motifs is 1. The Hall–Kier alpha value is -1.09. The van der Waals surface area contributed by atoms with Gasteiger partial charge in [-0.05, 0) is 47.9 Å². The average molecular weight is 276 g/mol. The van der Waals surface area contributed by atoms with Crippen LogP contribution in [0.2, 0.25) is 5.02 Å². The van der Waals surface area contributed by atoms with E-state index in [1.54, 1.807) is 0 Å². The molecule has 0 aliphatic carbocycles. The highest BCUT2D eigenvalue weighted by molar-refractivity contribution is 6.31. The fourth-order valence-corrected chi connectivity index (χ4v) is 3.08. The zero-order chi connectivity index (χ0) is 13.2. The van der Waals surface area contributed by atoms with Gasteiger partial charge in [-0.15, -0.1) is 0 Å². The molecule has 3 heteroatoms. The molecule has 0 bridgehead atoms. The smallest absolute Gasteiger partial charge is 0.0948 e. The van der Waals surface area contributed by atoms with E-state index in [2.05, 4.69) is 5.32 Å². The molecule has 2 aromatic rings. The number of hydrogen-bond acceptors (Lipinski definition) is 2. The molecule has 0 spiro atoms. The molecule has 2 nitrogen and oxygen atoms in total. The van der Waals surface area contributed by atoms with Gasteiger partial charge in [0.1, 0.15) is 0 Å². The maximum absolute atomic E-state index is 10.6. The highest BCUT2D eigenvalue weighted by atomic mass is 35.5. The predicted octanol–water partition coefficient (Wildman–Crippen LogP) is 3.67. The number of benzene rings is 2. The molecule has 0 radical (unpaired) electrons. The van der Waals surface area contributed by atoms with Gasteiger partial charge in [-0.2, -0.15) is 0 Å². The van der Waals surface area contributed by atoms with Crippen LogP contribution < -0.4 is 5.32 Å². The summed E-state index contributed by atoms with van der Waals surface area (Å²) in [5, 5.41) is 16.9. The number of nitrogens with one attached hydrogen (secondary N) is 1. The summed E-state index contributed by atoms with van der Waals surface area (Å²) in [7, 11) is 0. The molecule has 1 heterocycles. The number of hydrogen-bond donors (Lipinski definition) is 2. The summed E-state index contributed by atoms with van der Waals surface area (Å²) in [5.74, 6) is 0. The average Bonchev–Trinajstić information content (AvgIpc) is 2.46. The summed E-state index contributed by atoms with van der Waals surface area (Å²) in [6.07, 6.45) is 2.97. The van der Waals surface area contributed by atoms with Crippen molar-refractivity contribution in [1.29, 1.82) is 0 Å². The number of halogens is 1. The molecule has 2 aromatic carbocycles. The Kier molecular flexibility index (Phi) is 3.74. The van der Waals surface area contributed by atoms with Crippen LogP contribution in [0.3, 0.4) is 0 Å². The summed E-state index contributed by atoms with van der Waals surface area (Å²) in [6.45, 7) is 0.998. The molecule has 100 valence electrons. The molecule has 1 aliphatic rings. The molecule has 1 aliphatic heterocycles. The normalized spacial score (nSPS) is 21.5. The first-order valence-corrected chi connectivity index (χ1v) is 7.23. The molecule has 19 heavy (non-hydrogen) atoms. The molecule has 2 atom stereocenters. The Morgan fingerprint density at radius 3 is 2.89 bits per heavy atom. The van der Waals surface area contributed by atoms with Gasteiger partial charge in [-0.3, -0.25) is 0 Å². The van der Waals surface area contributed by atoms with Crippen LogP contribution in [-0.2, 0) is 0 Å². The van der Waals surface area contributed by atoms with Crippen molar-refractivity contribution < 1.29 is 5.11 Å². The van der Waals surface area contributed by atoms with Gasteiger partial charge in [0.15, 0.2) is 0 Å². The van der Waals surface area contributed by atoms with Crippen molar-refractivity contribution in [2.75, 3.05) is 6.54 Å². The first kappa shape index (κ1) is 12.9. The minimum absolute atomic E-state index is 0.162. The second kappa shape index (κ2) is 5.49. The van der Waals surface area contributed by atoms with Gasteiger partial charge in [0.2, 0.25) is 0 Å². The molecule has 1 saturated heterocycles. The SMILES string of the molecule is O[C@H](c1cccc2cc(Cl)ccc12)[C@H]1CCCCN1. The van der Waals surface area contributed by atoms with Crippen LogP contribution >= 0.6 is 11.6 Å². The van der Waals surface area contributed by atoms with E-state index < -0.39 is 6.10 Å². The van der Waals surface area contributed by atoms with Crippen molar-refractivity contribution in [3.8, 4) is 0 Å². The Morgan fingerprint density at radius 2 is 2.11 bits per heavy atom. The van der Waals surface area contributed by atoms with E-state index in [0.29, 0.717) is 0 Å². The van der Waals surface area contributed by atoms with Crippen molar-refractivity contribution >= 4 is 22.4 Å². The molecule has 0 amide bonds. The van der Waals surface area contributed by atoms with Gasteiger partial charge in [-0.25, -0.2) is 0 Å². The van der Waals surface area contributed by atoms with E-state index in [-0.39, 0.29) is 6.04 Å². The Balaban J connectivity index is 1.99. The van der Waals surface area contributed by atoms with Crippen LogP contribution in [0.4, 0.5) is 0 Å². The topological polar surface area (TPSA) is 32.3 Å². The van der Waals surface area contributed by atoms with Crippen molar-refractivity contribution in [1.82, 2.24) is 5.32 Å². The van der Waals surface area contributed by atoms with Crippen LogP contribution in [-0.4, -0.2) is 17.7 Å². The number of aliphatic hydroxyl groups excluding tert-OH is 1. The van der Waals surface area contributed by atoms with Crippen LogP contribution in [0.25, 0.3) is 10.8 Å². The quantitative estimate of drug-likeness (QED) is 0.876. The first-order chi connectivity index (χ1) is 9.25. The van der Waals surface area contributed by atoms with E-state index in [0.717, 1.165) is 34.3 Å². The molecule has 0 aromatic heterocycles. The van der Waals surface area contributed by atoms with E-state index in [4.69, 9.17) is 11.6 Å². The fourth-order valence-electron chi connectivity index (χ4n) is 2.90. The zero-order valence-electron chi connectivity index (χ0n) is 10.8. The van der Waals surface area contributed by atoms with Gasteiger partial charge in [0.05, 0.1) is 6.10 Å². The van der Waals surface area contributed by atoms with Crippen LogP contribution in [0.1, 0.15) is 30.9 Å². The maximum atomic E-state index is 10.6. The standard InChI is InChI=1S/C16H18ClNO/c17-12-7-8-13-11(10-12)4-3-5-14(13)16(19)15-6-1-2-9-18-15/h3-5,7-8,10,15-16,18-19H,1-2,6,9H2/t15-,16-/m1/s1. The van der Waals surface area contributed by atoms with Gasteiger partial charge < -0.3 is 10.4 Å². The lowest BCUT2D eigenvalue weighted by atomic mass is 9.92. The second-order valence-corrected chi connectivity index (χ2v) is 5.65. The number of aliphatic hydroxyl groups is 1. The van der Waals surface area contributed by atoms with Crippen molar-refractivity contribution in [3.05, 3.63) is 47.0 Å². The first-order valence-electron chi connectivity index (χ1n) is 6.85. The van der Waals surface area contributed by atoms with Crippen LogP contribution in [0.5, 0.6) is 0 Å². The molecule has 0 unspecified atom stereocenters. The molecule has 1 fully saturated rings. The lowest BCUT2D eigenvalue weighted by molar-refractivity contribution is 0.115. The van der Waals surface area contributed by atoms with Crippen molar-refractivity contribution in [3.63, 3.8) is 0 Å². The number of rotatable bonds is 2. The monoisotopic (exact) mass is 275 g/mol. The second-order valence-electron chi connectivity index (χ2n) is 5.21. The van der Waals surface area contributed by atoms with Crippen LogP contribution in [0.15, 0.2) is 36.4 Å². The Morgan fingerprint density at radius 1 is 1.21 bits per heavy atom. The summed E-state index contributed by atoms with van der Waals surface area (Å²) in [6, 6.07) is 12.0. The molecule has 0 saturated carbocycles. The van der Waals surface area contributed by atoms with E-state index in [9.17, 15) is 5.11 Å². The lowest BCUT2D eigenvalue weighted by Gasteiger charge is -2.29. The minimum atomic E-state index is -0.454. The predicted molar refractivity (Wildman–Crippen MR) is 79.6 cm³/mol. The van der Waals surface area contributed by atoms with E-state index in [1.807, 2.05) is 36.4 Å². The fraction of sp³-hybridized carbons (Fsp3) is 0.375. The van der Waals surface area contributed by atoms with Gasteiger partial charge >= 0.3 is 0 Å². The molecular formula is C16H18ClNO. The summed E-state index contributed by atoms with van der Waals surface area (Å²) >= 11 is 6.02. The van der Waals surface area contributed by atoms with Crippen molar-refractivity contribution in [2.45, 2.75) is 31.4 Å². The van der Waals surface area contributed by atoms with Gasteiger partial charge in [0, 0.05) is 11.1 Å². The summed E-state index contributed by atoms with van der Waals surface area (Å²) in [5.41, 5.74) is 0.994. The highest BCUT2D eigenvalue weighted by Gasteiger charge is 2.23. The lowest BCUT2D eigenvalue weighted by Crippen LogP contribution is -2.38. The van der Waals surface area contributed by atoms with E-state index >= 15 is 0 Å². The third kappa shape index (κ3) is 2.62. The number of piperidine rings is 1. The highest BCUT2D eigenvalue weighted by Crippen LogP contribution is 2.30. The van der Waals surface area contributed by atoms with Gasteiger partial charge in [-0.1, -0.05) is 42.3 Å². The summed E-state index contributed by atoms with van der Waals surface area (Å²) < 4.78 is 0. The van der Waals surface area contributed by atoms with Crippen LogP contribution in [0, 0.1) is 0 Å². The maximum Gasteiger partial charge on any atom is 0.0948 e. The zero-order valence-corrected chi connectivity index (χ0v) is 11.5. The Bertz CT molecular complexity index is 578. The third-order valence-corrected chi connectivity index (χ3v) is 4.16. The molecular weight excluding hydrogens is 258 g/mol. The molecule has 2 N–H and O–H groups in total. The largest absolute Gasteiger partial charge is 0.387 e.